The number of ether oxygens (including phenoxy) is 2. The van der Waals surface area contributed by atoms with Gasteiger partial charge in [0.15, 0.2) is 11.6 Å². The largest absolute Gasteiger partial charge is 0.494 e. The van der Waals surface area contributed by atoms with E-state index >= 15 is 0 Å². The average Bonchev–Trinajstić information content (AvgIpc) is 3.38. The number of amides is 2. The predicted octanol–water partition coefficient (Wildman–Crippen LogP) is 6.44. The smallest absolute Gasteiger partial charge is 0.266 e. The molecule has 0 unspecified atom stereocenters. The molecule has 2 aliphatic rings. The van der Waals surface area contributed by atoms with Crippen molar-refractivity contribution < 1.29 is 24.2 Å². The van der Waals surface area contributed by atoms with E-state index in [1.807, 2.05) is 18.2 Å². The third-order valence-electron chi connectivity index (χ3n) is 7.37. The van der Waals surface area contributed by atoms with Crippen LogP contribution in [0.3, 0.4) is 0 Å². The molecule has 0 bridgehead atoms. The fourth-order valence-corrected chi connectivity index (χ4v) is 5.85. The van der Waals surface area contributed by atoms with E-state index in [0.29, 0.717) is 51.2 Å². The number of aliphatic hydroxyl groups is 1. The Morgan fingerprint density at radius 2 is 1.74 bits per heavy atom. The number of imide groups is 1. The first-order valence-electron chi connectivity index (χ1n) is 13.5. The maximum Gasteiger partial charge on any atom is 0.266 e. The molecule has 1 spiro atoms. The molecule has 0 radical (unpaired) electrons. The van der Waals surface area contributed by atoms with E-state index < -0.39 is 23.5 Å². The number of aliphatic imine (C=N–C) groups is 1. The fraction of sp³-hybridized carbons (Fsp3) is 0.182. The van der Waals surface area contributed by atoms with E-state index in [-0.39, 0.29) is 18.9 Å². The van der Waals surface area contributed by atoms with Gasteiger partial charge >= 0.3 is 0 Å². The molecule has 7 nitrogen and oxygen atoms in total. The van der Waals surface area contributed by atoms with Crippen LogP contribution in [0.15, 0.2) is 102 Å². The summed E-state index contributed by atoms with van der Waals surface area (Å²) in [5.41, 5.74) is 1.29. The van der Waals surface area contributed by atoms with Crippen molar-refractivity contribution >= 4 is 46.6 Å². The lowest BCUT2D eigenvalue weighted by molar-refractivity contribution is -0.126. The Labute approximate surface area is 252 Å². The molecule has 212 valence electrons. The molecule has 0 saturated heterocycles. The van der Waals surface area contributed by atoms with Crippen molar-refractivity contribution in [3.05, 3.63) is 129 Å². The van der Waals surface area contributed by atoms with Gasteiger partial charge in [-0.25, -0.2) is 9.89 Å². The van der Waals surface area contributed by atoms with Gasteiger partial charge in [-0.3, -0.25) is 9.59 Å². The van der Waals surface area contributed by atoms with Gasteiger partial charge in [0.2, 0.25) is 5.90 Å². The van der Waals surface area contributed by atoms with Gasteiger partial charge in [0.05, 0.1) is 12.3 Å². The van der Waals surface area contributed by atoms with Gasteiger partial charge in [0.1, 0.15) is 5.75 Å². The van der Waals surface area contributed by atoms with Crippen molar-refractivity contribution in [2.45, 2.75) is 24.5 Å². The molecule has 4 aromatic rings. The zero-order valence-corrected chi connectivity index (χ0v) is 23.9. The minimum atomic E-state index is -1.53. The number of nitrogens with zero attached hydrogens (tertiary/aromatic N) is 2. The molecule has 1 N–H and O–H groups in total. The molecule has 0 saturated carbocycles. The first-order valence-corrected chi connectivity index (χ1v) is 14.2. The molecule has 2 amide bonds. The number of benzene rings is 4. The molecule has 4 aromatic carbocycles. The van der Waals surface area contributed by atoms with Crippen LogP contribution in [0, 0.1) is 0 Å². The van der Waals surface area contributed by atoms with Crippen LogP contribution in [0.1, 0.15) is 39.6 Å². The molecule has 0 fully saturated rings. The Balaban J connectivity index is 1.48. The molecular formula is C33H26Cl2N2O5. The van der Waals surface area contributed by atoms with E-state index in [9.17, 15) is 9.59 Å². The molecule has 0 aliphatic carbocycles. The zero-order valence-electron chi connectivity index (χ0n) is 22.4. The minimum Gasteiger partial charge on any atom is -0.494 e. The fourth-order valence-electron chi connectivity index (χ4n) is 5.34. The number of hydrogen-bond donors (Lipinski definition) is 1. The van der Waals surface area contributed by atoms with Crippen molar-refractivity contribution in [1.82, 2.24) is 0 Å². The van der Waals surface area contributed by atoms with Gasteiger partial charge in [-0.05, 0) is 60.2 Å². The first-order chi connectivity index (χ1) is 20.4. The lowest BCUT2D eigenvalue weighted by atomic mass is 9.78. The predicted molar refractivity (Wildman–Crippen MR) is 162 cm³/mol. The summed E-state index contributed by atoms with van der Waals surface area (Å²) >= 11 is 12.9. The molecule has 2 atom stereocenters. The number of halogens is 2. The maximum atomic E-state index is 14.7. The van der Waals surface area contributed by atoms with E-state index in [2.05, 4.69) is 0 Å². The monoisotopic (exact) mass is 600 g/mol. The number of carbonyl (C=O) groups excluding carboxylic acids is 2. The number of rotatable bonds is 7. The second-order valence-electron chi connectivity index (χ2n) is 10.1. The summed E-state index contributed by atoms with van der Waals surface area (Å²) in [5, 5.41) is 9.79. The Bertz CT molecular complexity index is 1680. The Morgan fingerprint density at radius 1 is 1.00 bits per heavy atom. The van der Waals surface area contributed by atoms with Gasteiger partial charge in [-0.1, -0.05) is 65.7 Å². The topological polar surface area (TPSA) is 88.4 Å². The highest BCUT2D eigenvalue weighted by Crippen LogP contribution is 2.49. The van der Waals surface area contributed by atoms with E-state index in [1.54, 1.807) is 78.9 Å². The summed E-state index contributed by atoms with van der Waals surface area (Å²) in [7, 11) is 0. The van der Waals surface area contributed by atoms with Crippen LogP contribution in [-0.4, -0.2) is 41.6 Å². The molecule has 6 rings (SSSR count). The van der Waals surface area contributed by atoms with Crippen LogP contribution < -0.4 is 9.64 Å². The molecule has 2 heterocycles. The van der Waals surface area contributed by atoms with E-state index in [1.165, 1.54) is 4.90 Å². The summed E-state index contributed by atoms with van der Waals surface area (Å²) in [5.74, 6) is -0.0981. The second kappa shape index (κ2) is 11.6. The Morgan fingerprint density at radius 3 is 2.48 bits per heavy atom. The number of hydrogen-bond acceptors (Lipinski definition) is 6. The lowest BCUT2D eigenvalue weighted by Gasteiger charge is -2.40. The van der Waals surface area contributed by atoms with Gasteiger partial charge in [0.25, 0.3) is 11.8 Å². The zero-order chi connectivity index (χ0) is 29.3. The standard InChI is InChI=1S/C33H26Cl2N2O5/c34-24-13-16-26(27(35)19-24)29-33(36-30(42-29)21-11-14-25(15-12-21)41-18-6-17-38)20-23-9-4-5-10-28(23)37(32(33)40)31(39)22-7-2-1-3-8-22/h1-5,7-16,19,29,38H,6,17-18,20H2/t29-,33-/m0/s1. The van der Waals surface area contributed by atoms with E-state index in [4.69, 9.17) is 42.8 Å². The number of para-hydroxylation sites is 1. The van der Waals surface area contributed by atoms with Crippen LogP contribution in [0.25, 0.3) is 0 Å². The second-order valence-corrected chi connectivity index (χ2v) is 10.9. The summed E-state index contributed by atoms with van der Waals surface area (Å²) < 4.78 is 12.2. The SMILES string of the molecule is O=C(c1ccccc1)N1C(=O)[C@@]2(Cc3ccccc31)N=C(c1ccc(OCCCO)cc1)O[C@H]2c1ccc(Cl)cc1Cl. The van der Waals surface area contributed by atoms with Crippen LogP contribution >= 0.6 is 23.2 Å². The van der Waals surface area contributed by atoms with Crippen LogP contribution in [0.4, 0.5) is 5.69 Å². The van der Waals surface area contributed by atoms with Crippen molar-refractivity contribution in [3.8, 4) is 5.75 Å². The van der Waals surface area contributed by atoms with Gasteiger partial charge < -0.3 is 14.6 Å². The summed E-state index contributed by atoms with van der Waals surface area (Å²) in [6.07, 6.45) is -0.230. The summed E-state index contributed by atoms with van der Waals surface area (Å²) in [4.78, 5) is 34.8. The highest BCUT2D eigenvalue weighted by Gasteiger charge is 2.59. The molecule has 9 heteroatoms. The van der Waals surface area contributed by atoms with Crippen LogP contribution in [0.5, 0.6) is 5.75 Å². The molecule has 2 aliphatic heterocycles. The third-order valence-corrected chi connectivity index (χ3v) is 7.93. The maximum absolute atomic E-state index is 14.7. The summed E-state index contributed by atoms with van der Waals surface area (Å²) in [6, 6.07) is 28.1. The van der Waals surface area contributed by atoms with Gasteiger partial charge in [-0.2, -0.15) is 0 Å². The Hall–Kier alpha value is -4.17. The van der Waals surface area contributed by atoms with Crippen LogP contribution in [0.2, 0.25) is 10.0 Å². The molecule has 0 aromatic heterocycles. The van der Waals surface area contributed by atoms with Crippen molar-refractivity contribution in [2.75, 3.05) is 18.1 Å². The van der Waals surface area contributed by atoms with Crippen molar-refractivity contribution in [2.24, 2.45) is 4.99 Å². The van der Waals surface area contributed by atoms with Gasteiger partial charge in [0, 0.05) is 46.2 Å². The van der Waals surface area contributed by atoms with E-state index in [0.717, 1.165) is 5.56 Å². The number of fused-ring (bicyclic) bond motifs is 1. The first kappa shape index (κ1) is 28.0. The third kappa shape index (κ3) is 5.04. The number of aliphatic hydroxyl groups excluding tert-OH is 1. The van der Waals surface area contributed by atoms with Gasteiger partial charge in [-0.15, -0.1) is 0 Å². The number of anilines is 1. The quantitative estimate of drug-likeness (QED) is 0.195. The van der Waals surface area contributed by atoms with Crippen molar-refractivity contribution in [3.63, 3.8) is 0 Å². The lowest BCUT2D eigenvalue weighted by Crippen LogP contribution is -2.57. The van der Waals surface area contributed by atoms with Crippen LogP contribution in [-0.2, 0) is 16.0 Å². The summed E-state index contributed by atoms with van der Waals surface area (Å²) in [6.45, 7) is 0.424. The average molecular weight is 601 g/mol. The Kier molecular flexibility index (Phi) is 7.73. The minimum absolute atomic E-state index is 0.0421. The van der Waals surface area contributed by atoms with Crippen molar-refractivity contribution in [1.29, 1.82) is 0 Å². The molecule has 42 heavy (non-hydrogen) atoms. The highest BCUT2D eigenvalue weighted by atomic mass is 35.5. The molecular weight excluding hydrogens is 575 g/mol. The highest BCUT2D eigenvalue weighted by molar-refractivity contribution is 6.35. The normalized spacial score (nSPS) is 19.3. The number of carbonyl (C=O) groups is 2.